The summed E-state index contributed by atoms with van der Waals surface area (Å²) in [5.41, 5.74) is 4.43. The summed E-state index contributed by atoms with van der Waals surface area (Å²) in [6.45, 7) is 11.3. The molecule has 1 aromatic heterocycles. The van der Waals surface area contributed by atoms with Crippen LogP contribution in [-0.4, -0.2) is 47.4 Å². The van der Waals surface area contributed by atoms with Crippen molar-refractivity contribution < 1.29 is 19.1 Å². The van der Waals surface area contributed by atoms with E-state index in [9.17, 15) is 14.4 Å². The SMILES string of the molecule is CCOC(=O)c1c(C)[nH]c(C(=O)N2CCC([C@@H](C)C(=O)NCc3ccc(C)cc3)CC2)c1C. The first-order valence-corrected chi connectivity index (χ1v) is 11.7. The summed E-state index contributed by atoms with van der Waals surface area (Å²) in [7, 11) is 0. The molecule has 1 fully saturated rings. The lowest BCUT2D eigenvalue weighted by atomic mass is 9.84. The zero-order chi connectivity index (χ0) is 24.1. The monoisotopic (exact) mass is 453 g/mol. The molecule has 1 atom stereocenters. The number of nitrogens with zero attached hydrogens (tertiary/aromatic N) is 1. The Morgan fingerprint density at radius 3 is 2.36 bits per heavy atom. The number of aromatic nitrogens is 1. The number of carbonyl (C=O) groups is 3. The van der Waals surface area contributed by atoms with Crippen molar-refractivity contribution >= 4 is 17.8 Å². The summed E-state index contributed by atoms with van der Waals surface area (Å²) in [6.07, 6.45) is 1.54. The molecular weight excluding hydrogens is 418 g/mol. The van der Waals surface area contributed by atoms with Gasteiger partial charge in [-0.25, -0.2) is 4.79 Å². The smallest absolute Gasteiger partial charge is 0.340 e. The number of hydrogen-bond acceptors (Lipinski definition) is 4. The van der Waals surface area contributed by atoms with Crippen molar-refractivity contribution in [3.63, 3.8) is 0 Å². The lowest BCUT2D eigenvalue weighted by molar-refractivity contribution is -0.126. The Bertz CT molecular complexity index is 1000. The number of ether oxygens (including phenoxy) is 1. The maximum absolute atomic E-state index is 13.1. The lowest BCUT2D eigenvalue weighted by Gasteiger charge is -2.34. The molecule has 2 aromatic rings. The van der Waals surface area contributed by atoms with Gasteiger partial charge in [0.2, 0.25) is 5.91 Å². The van der Waals surface area contributed by atoms with E-state index >= 15 is 0 Å². The maximum atomic E-state index is 13.1. The quantitative estimate of drug-likeness (QED) is 0.622. The third-order valence-electron chi connectivity index (χ3n) is 6.67. The zero-order valence-corrected chi connectivity index (χ0v) is 20.3. The van der Waals surface area contributed by atoms with E-state index in [4.69, 9.17) is 4.74 Å². The van der Waals surface area contributed by atoms with Crippen molar-refractivity contribution in [2.24, 2.45) is 11.8 Å². The lowest BCUT2D eigenvalue weighted by Crippen LogP contribution is -2.42. The van der Waals surface area contributed by atoms with E-state index in [1.54, 1.807) is 25.7 Å². The predicted octanol–water partition coefficient (Wildman–Crippen LogP) is 3.92. The molecule has 7 nitrogen and oxygen atoms in total. The van der Waals surface area contributed by atoms with Gasteiger partial charge in [-0.2, -0.15) is 0 Å². The Balaban J connectivity index is 1.55. The fourth-order valence-corrected chi connectivity index (χ4v) is 4.50. The van der Waals surface area contributed by atoms with Gasteiger partial charge in [0, 0.05) is 31.2 Å². The molecule has 1 aliphatic rings. The number of carbonyl (C=O) groups excluding carboxylic acids is 3. The number of rotatable bonds is 7. The van der Waals surface area contributed by atoms with Crippen LogP contribution in [0.2, 0.25) is 0 Å². The van der Waals surface area contributed by atoms with Crippen LogP contribution < -0.4 is 5.32 Å². The topological polar surface area (TPSA) is 91.5 Å². The molecule has 2 amide bonds. The first-order valence-electron chi connectivity index (χ1n) is 11.7. The van der Waals surface area contributed by atoms with Gasteiger partial charge < -0.3 is 19.9 Å². The zero-order valence-electron chi connectivity index (χ0n) is 20.3. The highest BCUT2D eigenvalue weighted by atomic mass is 16.5. The summed E-state index contributed by atoms with van der Waals surface area (Å²) < 4.78 is 5.12. The Labute approximate surface area is 195 Å². The van der Waals surface area contributed by atoms with Gasteiger partial charge >= 0.3 is 5.97 Å². The molecule has 1 aromatic carbocycles. The highest BCUT2D eigenvalue weighted by molar-refractivity contribution is 6.00. The number of piperidine rings is 1. The Kier molecular flexibility index (Phi) is 7.95. The van der Waals surface area contributed by atoms with Gasteiger partial charge in [-0.3, -0.25) is 9.59 Å². The van der Waals surface area contributed by atoms with E-state index in [0.717, 1.165) is 18.4 Å². The number of likely N-dealkylation sites (tertiary alicyclic amines) is 1. The molecule has 0 bridgehead atoms. The van der Waals surface area contributed by atoms with Crippen LogP contribution >= 0.6 is 0 Å². The van der Waals surface area contributed by atoms with E-state index in [0.29, 0.717) is 42.1 Å². The molecule has 33 heavy (non-hydrogen) atoms. The molecule has 1 aliphatic heterocycles. The van der Waals surface area contributed by atoms with Gasteiger partial charge in [0.05, 0.1) is 12.2 Å². The molecule has 0 saturated carbocycles. The number of H-pyrrole nitrogens is 1. The van der Waals surface area contributed by atoms with Crippen LogP contribution in [0.3, 0.4) is 0 Å². The van der Waals surface area contributed by atoms with Gasteiger partial charge in [0.25, 0.3) is 5.91 Å². The number of benzene rings is 1. The van der Waals surface area contributed by atoms with Crippen molar-refractivity contribution in [3.05, 3.63) is 57.9 Å². The molecule has 178 valence electrons. The third kappa shape index (κ3) is 5.64. The molecule has 2 N–H and O–H groups in total. The van der Waals surface area contributed by atoms with Crippen LogP contribution in [0.5, 0.6) is 0 Å². The van der Waals surface area contributed by atoms with Crippen LogP contribution in [0.1, 0.15) is 69.9 Å². The number of amides is 2. The van der Waals surface area contributed by atoms with Gasteiger partial charge in [-0.05, 0) is 57.6 Å². The largest absolute Gasteiger partial charge is 0.462 e. The molecule has 0 spiro atoms. The number of nitrogens with one attached hydrogen (secondary N) is 2. The Morgan fingerprint density at radius 2 is 1.76 bits per heavy atom. The second-order valence-corrected chi connectivity index (χ2v) is 8.97. The second kappa shape index (κ2) is 10.7. The van der Waals surface area contributed by atoms with Gasteiger partial charge in [-0.15, -0.1) is 0 Å². The van der Waals surface area contributed by atoms with Crippen LogP contribution in [0.15, 0.2) is 24.3 Å². The summed E-state index contributed by atoms with van der Waals surface area (Å²) >= 11 is 0. The van der Waals surface area contributed by atoms with Crippen molar-refractivity contribution in [3.8, 4) is 0 Å². The van der Waals surface area contributed by atoms with E-state index in [2.05, 4.69) is 10.3 Å². The summed E-state index contributed by atoms with van der Waals surface area (Å²) in [6, 6.07) is 8.14. The number of aryl methyl sites for hydroxylation is 2. The van der Waals surface area contributed by atoms with Crippen LogP contribution in [0, 0.1) is 32.6 Å². The minimum atomic E-state index is -0.410. The fourth-order valence-electron chi connectivity index (χ4n) is 4.50. The minimum Gasteiger partial charge on any atom is -0.462 e. The molecule has 3 rings (SSSR count). The average Bonchev–Trinajstić information content (AvgIpc) is 3.11. The summed E-state index contributed by atoms with van der Waals surface area (Å²) in [5.74, 6) is -0.352. The molecule has 2 heterocycles. The fraction of sp³-hybridized carbons (Fsp3) is 0.500. The minimum absolute atomic E-state index is 0.0512. The third-order valence-corrected chi connectivity index (χ3v) is 6.67. The molecule has 0 unspecified atom stereocenters. The van der Waals surface area contributed by atoms with E-state index in [1.165, 1.54) is 5.56 Å². The highest BCUT2D eigenvalue weighted by Gasteiger charge is 2.32. The predicted molar refractivity (Wildman–Crippen MR) is 127 cm³/mol. The van der Waals surface area contributed by atoms with E-state index in [1.807, 2.05) is 38.1 Å². The molecular formula is C26H35N3O4. The van der Waals surface area contributed by atoms with Crippen molar-refractivity contribution in [2.75, 3.05) is 19.7 Å². The molecule has 1 saturated heterocycles. The van der Waals surface area contributed by atoms with Crippen LogP contribution in [-0.2, 0) is 16.1 Å². The first kappa shape index (κ1) is 24.6. The average molecular weight is 454 g/mol. The van der Waals surface area contributed by atoms with Crippen molar-refractivity contribution in [1.82, 2.24) is 15.2 Å². The van der Waals surface area contributed by atoms with Crippen LogP contribution in [0.25, 0.3) is 0 Å². The normalized spacial score (nSPS) is 15.2. The molecule has 7 heteroatoms. The van der Waals surface area contributed by atoms with Crippen molar-refractivity contribution in [2.45, 2.75) is 54.0 Å². The van der Waals surface area contributed by atoms with E-state index < -0.39 is 5.97 Å². The molecule has 0 aliphatic carbocycles. The maximum Gasteiger partial charge on any atom is 0.340 e. The number of hydrogen-bond donors (Lipinski definition) is 2. The standard InChI is InChI=1S/C26H35N3O4/c1-6-33-26(32)22-18(4)23(28-19(22)5)25(31)29-13-11-21(12-14-29)17(3)24(30)27-15-20-9-7-16(2)8-10-20/h7-10,17,21,28H,6,11-15H2,1-5H3,(H,27,30)/t17-/m1/s1. The van der Waals surface area contributed by atoms with Crippen molar-refractivity contribution in [1.29, 1.82) is 0 Å². The Hall–Kier alpha value is -3.09. The van der Waals surface area contributed by atoms with Gasteiger partial charge in [-0.1, -0.05) is 36.8 Å². The highest BCUT2D eigenvalue weighted by Crippen LogP contribution is 2.27. The first-order chi connectivity index (χ1) is 15.7. The second-order valence-electron chi connectivity index (χ2n) is 8.97. The Morgan fingerprint density at radius 1 is 1.12 bits per heavy atom. The van der Waals surface area contributed by atoms with Crippen LogP contribution in [0.4, 0.5) is 0 Å². The summed E-state index contributed by atoms with van der Waals surface area (Å²) in [4.78, 5) is 42.9. The van der Waals surface area contributed by atoms with Gasteiger partial charge in [0.1, 0.15) is 5.69 Å². The number of esters is 1. The summed E-state index contributed by atoms with van der Waals surface area (Å²) in [5, 5.41) is 3.04. The van der Waals surface area contributed by atoms with E-state index in [-0.39, 0.29) is 30.3 Å². The molecule has 0 radical (unpaired) electrons. The van der Waals surface area contributed by atoms with Gasteiger partial charge in [0.15, 0.2) is 0 Å². The number of aromatic amines is 1.